The quantitative estimate of drug-likeness (QED) is 0.152. The Labute approximate surface area is 327 Å². The van der Waals surface area contributed by atoms with Gasteiger partial charge >= 0.3 is 0 Å². The lowest BCUT2D eigenvalue weighted by atomic mass is 9.93. The monoisotopic (exact) mass is 714 g/mol. The summed E-state index contributed by atoms with van der Waals surface area (Å²) in [6, 6.07) is 83.1. The molecule has 0 amide bonds. The fourth-order valence-corrected chi connectivity index (χ4v) is 8.03. The number of rotatable bonds is 8. The lowest BCUT2D eigenvalue weighted by molar-refractivity contribution is 1.18. The summed E-state index contributed by atoms with van der Waals surface area (Å²) < 4.78 is 2.39. The van der Waals surface area contributed by atoms with Gasteiger partial charge in [-0.05, 0) is 117 Å². The van der Waals surface area contributed by atoms with Crippen LogP contribution in [-0.2, 0) is 0 Å². The third kappa shape index (κ3) is 6.24. The maximum absolute atomic E-state index is 2.39. The highest BCUT2D eigenvalue weighted by Crippen LogP contribution is 2.41. The maximum atomic E-state index is 2.39. The van der Waals surface area contributed by atoms with E-state index in [1.54, 1.807) is 0 Å². The summed E-state index contributed by atoms with van der Waals surface area (Å²) in [6.45, 7) is 0. The minimum atomic E-state index is 1.09. The van der Waals surface area contributed by atoms with Gasteiger partial charge in [0.1, 0.15) is 0 Å². The van der Waals surface area contributed by atoms with E-state index in [4.69, 9.17) is 0 Å². The van der Waals surface area contributed by atoms with E-state index in [0.717, 1.165) is 22.7 Å². The van der Waals surface area contributed by atoms with Crippen LogP contribution in [0.5, 0.6) is 0 Å². The van der Waals surface area contributed by atoms with Crippen LogP contribution < -0.4 is 4.90 Å². The van der Waals surface area contributed by atoms with E-state index in [9.17, 15) is 0 Å². The molecule has 2 nitrogen and oxygen atoms in total. The van der Waals surface area contributed by atoms with E-state index in [1.807, 2.05) is 0 Å². The molecule has 56 heavy (non-hydrogen) atoms. The summed E-state index contributed by atoms with van der Waals surface area (Å²) in [5.41, 5.74) is 16.4. The van der Waals surface area contributed by atoms with Crippen LogP contribution in [0.3, 0.4) is 0 Å². The van der Waals surface area contributed by atoms with Gasteiger partial charge in [-0.3, -0.25) is 0 Å². The molecule has 10 aromatic rings. The van der Waals surface area contributed by atoms with Gasteiger partial charge in [0, 0.05) is 33.5 Å². The van der Waals surface area contributed by atoms with Crippen molar-refractivity contribution in [1.29, 1.82) is 0 Å². The Morgan fingerprint density at radius 3 is 1.14 bits per heavy atom. The molecule has 0 bridgehead atoms. The van der Waals surface area contributed by atoms with E-state index in [1.165, 1.54) is 66.3 Å². The standard InChI is InChI=1S/C54H38N2/c1-5-15-39(16-6-1)42-25-29-48(30-26-42)55(50-33-34-52-51-23-13-14-24-53(51)56(54(52)38-50)47-21-11-4-12-22-47)49-31-27-43(28-32-49)46-36-44(40-17-7-2-8-18-40)35-45(37-46)41-19-9-3-10-20-41/h1-38H. The molecule has 264 valence electrons. The second-order valence-electron chi connectivity index (χ2n) is 14.2. The second-order valence-corrected chi connectivity index (χ2v) is 14.2. The summed E-state index contributed by atoms with van der Waals surface area (Å²) in [5.74, 6) is 0. The van der Waals surface area contributed by atoms with Crippen molar-refractivity contribution in [2.45, 2.75) is 0 Å². The highest BCUT2D eigenvalue weighted by molar-refractivity contribution is 6.10. The molecule has 0 N–H and O–H groups in total. The first-order chi connectivity index (χ1) is 27.8. The topological polar surface area (TPSA) is 8.17 Å². The Balaban J connectivity index is 1.11. The molecule has 1 aromatic heterocycles. The van der Waals surface area contributed by atoms with Crippen LogP contribution in [0.4, 0.5) is 17.1 Å². The Kier molecular flexibility index (Phi) is 8.55. The van der Waals surface area contributed by atoms with E-state index in [2.05, 4.69) is 240 Å². The molecule has 0 saturated heterocycles. The van der Waals surface area contributed by atoms with Crippen molar-refractivity contribution in [2.24, 2.45) is 0 Å². The van der Waals surface area contributed by atoms with Gasteiger partial charge < -0.3 is 9.47 Å². The molecule has 2 heteroatoms. The fraction of sp³-hybridized carbons (Fsp3) is 0. The van der Waals surface area contributed by atoms with Crippen molar-refractivity contribution in [1.82, 2.24) is 4.57 Å². The lowest BCUT2D eigenvalue weighted by Gasteiger charge is -2.26. The molecule has 0 radical (unpaired) electrons. The third-order valence-corrected chi connectivity index (χ3v) is 10.8. The average molecular weight is 715 g/mol. The first-order valence-electron chi connectivity index (χ1n) is 19.2. The van der Waals surface area contributed by atoms with Gasteiger partial charge in [-0.1, -0.05) is 158 Å². The summed E-state index contributed by atoms with van der Waals surface area (Å²) >= 11 is 0. The molecule has 0 aliphatic rings. The fourth-order valence-electron chi connectivity index (χ4n) is 8.03. The van der Waals surface area contributed by atoms with Crippen molar-refractivity contribution < 1.29 is 0 Å². The number of anilines is 3. The number of aromatic nitrogens is 1. The molecule has 0 unspecified atom stereocenters. The molecule has 10 rings (SSSR count). The molecular weight excluding hydrogens is 677 g/mol. The molecule has 0 atom stereocenters. The van der Waals surface area contributed by atoms with Crippen LogP contribution in [0.15, 0.2) is 231 Å². The SMILES string of the molecule is c1ccc(-c2ccc(N(c3ccc(-c4cc(-c5ccccc5)cc(-c5ccccc5)c4)cc3)c3ccc4c5ccccc5n(-c5ccccc5)c4c3)cc2)cc1. The first-order valence-corrected chi connectivity index (χ1v) is 19.2. The van der Waals surface area contributed by atoms with E-state index >= 15 is 0 Å². The minimum Gasteiger partial charge on any atom is -0.310 e. The third-order valence-electron chi connectivity index (χ3n) is 10.8. The van der Waals surface area contributed by atoms with Crippen molar-refractivity contribution in [3.63, 3.8) is 0 Å². The number of fused-ring (bicyclic) bond motifs is 3. The molecule has 0 aliphatic heterocycles. The van der Waals surface area contributed by atoms with Crippen LogP contribution in [0, 0.1) is 0 Å². The summed E-state index contributed by atoms with van der Waals surface area (Å²) in [5, 5.41) is 2.48. The smallest absolute Gasteiger partial charge is 0.0561 e. The van der Waals surface area contributed by atoms with Crippen LogP contribution in [0.25, 0.3) is 72.0 Å². The number of hydrogen-bond acceptors (Lipinski definition) is 1. The van der Waals surface area contributed by atoms with Crippen LogP contribution in [0.1, 0.15) is 0 Å². The highest BCUT2D eigenvalue weighted by atomic mass is 15.1. The zero-order valence-electron chi connectivity index (χ0n) is 30.8. The summed E-state index contributed by atoms with van der Waals surface area (Å²) in [4.78, 5) is 2.38. The summed E-state index contributed by atoms with van der Waals surface area (Å²) in [6.07, 6.45) is 0. The second kappa shape index (κ2) is 14.4. The molecule has 0 saturated carbocycles. The minimum absolute atomic E-state index is 1.09. The largest absolute Gasteiger partial charge is 0.310 e. The first kappa shape index (κ1) is 33.2. The predicted molar refractivity (Wildman–Crippen MR) is 237 cm³/mol. The number of nitrogens with zero attached hydrogens (tertiary/aromatic N) is 2. The van der Waals surface area contributed by atoms with Gasteiger partial charge in [-0.25, -0.2) is 0 Å². The van der Waals surface area contributed by atoms with E-state index < -0.39 is 0 Å². The van der Waals surface area contributed by atoms with Crippen molar-refractivity contribution >= 4 is 38.9 Å². The van der Waals surface area contributed by atoms with Gasteiger partial charge in [-0.2, -0.15) is 0 Å². The van der Waals surface area contributed by atoms with Gasteiger partial charge in [0.05, 0.1) is 11.0 Å². The Morgan fingerprint density at radius 2 is 0.625 bits per heavy atom. The normalized spacial score (nSPS) is 11.2. The summed E-state index contributed by atoms with van der Waals surface area (Å²) in [7, 11) is 0. The number of hydrogen-bond donors (Lipinski definition) is 0. The highest BCUT2D eigenvalue weighted by Gasteiger charge is 2.18. The van der Waals surface area contributed by atoms with Gasteiger partial charge in [-0.15, -0.1) is 0 Å². The average Bonchev–Trinajstić information content (AvgIpc) is 3.62. The predicted octanol–water partition coefficient (Wildman–Crippen LogP) is 14.9. The molecule has 0 aliphatic carbocycles. The van der Waals surface area contributed by atoms with E-state index in [0.29, 0.717) is 0 Å². The lowest BCUT2D eigenvalue weighted by Crippen LogP contribution is -2.10. The number of benzene rings is 9. The molecule has 0 fully saturated rings. The zero-order valence-corrected chi connectivity index (χ0v) is 30.8. The maximum Gasteiger partial charge on any atom is 0.0561 e. The molecule has 1 heterocycles. The zero-order chi connectivity index (χ0) is 37.3. The molecular formula is C54H38N2. The molecule has 9 aromatic carbocycles. The van der Waals surface area contributed by atoms with Crippen molar-refractivity contribution in [2.75, 3.05) is 4.90 Å². The van der Waals surface area contributed by atoms with Crippen LogP contribution >= 0.6 is 0 Å². The van der Waals surface area contributed by atoms with Crippen molar-refractivity contribution in [3.05, 3.63) is 231 Å². The Morgan fingerprint density at radius 1 is 0.250 bits per heavy atom. The molecule has 0 spiro atoms. The van der Waals surface area contributed by atoms with Gasteiger partial charge in [0.25, 0.3) is 0 Å². The van der Waals surface area contributed by atoms with E-state index in [-0.39, 0.29) is 0 Å². The van der Waals surface area contributed by atoms with Crippen LogP contribution in [0.2, 0.25) is 0 Å². The van der Waals surface area contributed by atoms with Crippen LogP contribution in [-0.4, -0.2) is 4.57 Å². The van der Waals surface area contributed by atoms with Gasteiger partial charge in [0.15, 0.2) is 0 Å². The van der Waals surface area contributed by atoms with Gasteiger partial charge in [0.2, 0.25) is 0 Å². The van der Waals surface area contributed by atoms with Crippen molar-refractivity contribution in [3.8, 4) is 50.2 Å². The Hall–Kier alpha value is -7.42. The Bertz CT molecular complexity index is 2860. The number of para-hydroxylation sites is 2.